The predicted octanol–water partition coefficient (Wildman–Crippen LogP) is -0.0136. The molecule has 0 saturated heterocycles. The smallest absolute Gasteiger partial charge is 0.246 e. The summed E-state index contributed by atoms with van der Waals surface area (Å²) in [5.41, 5.74) is -1.71. The summed E-state index contributed by atoms with van der Waals surface area (Å²) in [5.74, 6) is -2.46. The second-order valence-electron chi connectivity index (χ2n) is 4.03. The molecule has 5 nitrogen and oxygen atoms in total. The molecular weight excluding hydrogens is 268 g/mol. The van der Waals surface area contributed by atoms with Crippen LogP contribution in [-0.4, -0.2) is 37.4 Å². The molecule has 0 radical (unpaired) electrons. The summed E-state index contributed by atoms with van der Waals surface area (Å²) in [5, 5.41) is 18.1. The zero-order valence-corrected chi connectivity index (χ0v) is 10.3. The number of hydrogen-bond acceptors (Lipinski definition) is 4. The second-order valence-corrected chi connectivity index (χ2v) is 5.73. The number of nitrogens with one attached hydrogen (secondary N) is 1. The van der Waals surface area contributed by atoms with Crippen LogP contribution in [0.2, 0.25) is 0 Å². The van der Waals surface area contributed by atoms with Gasteiger partial charge in [-0.15, -0.1) is 0 Å². The number of rotatable bonds is 5. The van der Waals surface area contributed by atoms with Crippen molar-refractivity contribution in [3.8, 4) is 0 Å². The maximum atomic E-state index is 13.3. The average Bonchev–Trinajstić information content (AvgIpc) is 2.26. The Morgan fingerprint density at radius 2 is 1.83 bits per heavy atom. The van der Waals surface area contributed by atoms with Gasteiger partial charge in [0.05, 0.1) is 12.2 Å². The van der Waals surface area contributed by atoms with Gasteiger partial charge in [-0.1, -0.05) is 6.07 Å². The lowest BCUT2D eigenvalue weighted by molar-refractivity contribution is 0.00679. The summed E-state index contributed by atoms with van der Waals surface area (Å²) in [6.07, 6.45) is 0. The average molecular weight is 281 g/mol. The van der Waals surface area contributed by atoms with Gasteiger partial charge in [0.25, 0.3) is 0 Å². The maximum Gasteiger partial charge on any atom is 0.246 e. The summed E-state index contributed by atoms with van der Waals surface area (Å²) in [6, 6.07) is 2.65. The number of hydrogen-bond donors (Lipinski definition) is 3. The third kappa shape index (κ3) is 3.45. The molecule has 1 rings (SSSR count). The van der Waals surface area contributed by atoms with Crippen LogP contribution in [0.15, 0.2) is 23.1 Å². The lowest BCUT2D eigenvalue weighted by atomic mass is 10.1. The van der Waals surface area contributed by atoms with Crippen molar-refractivity contribution in [2.75, 3.05) is 13.2 Å². The van der Waals surface area contributed by atoms with Crippen LogP contribution in [0.5, 0.6) is 0 Å². The van der Waals surface area contributed by atoms with Gasteiger partial charge < -0.3 is 10.2 Å². The Morgan fingerprint density at radius 1 is 1.33 bits per heavy atom. The minimum Gasteiger partial charge on any atom is -0.393 e. The normalized spacial score (nSPS) is 15.4. The Balaban J connectivity index is 3.01. The predicted molar refractivity (Wildman–Crippen MR) is 59.3 cm³/mol. The van der Waals surface area contributed by atoms with Gasteiger partial charge in [-0.3, -0.25) is 0 Å². The van der Waals surface area contributed by atoms with E-state index in [0.29, 0.717) is 0 Å². The standard InChI is InChI=1S/C10H13F2NO4S/c1-10(15,6-14)5-13-18(16,17)9-7(11)3-2-4-8(9)12/h2-4,13-15H,5-6H2,1H3. The molecule has 0 amide bonds. The Morgan fingerprint density at radius 3 is 2.28 bits per heavy atom. The van der Waals surface area contributed by atoms with Crippen LogP contribution in [-0.2, 0) is 10.0 Å². The summed E-state index contributed by atoms with van der Waals surface area (Å²) >= 11 is 0. The molecule has 0 aliphatic carbocycles. The van der Waals surface area contributed by atoms with Gasteiger partial charge in [0.2, 0.25) is 10.0 Å². The summed E-state index contributed by atoms with van der Waals surface area (Å²) < 4.78 is 51.7. The molecule has 102 valence electrons. The molecule has 0 saturated carbocycles. The lowest BCUT2D eigenvalue weighted by Crippen LogP contribution is -2.43. The van der Waals surface area contributed by atoms with Gasteiger partial charge in [0.15, 0.2) is 4.90 Å². The van der Waals surface area contributed by atoms with E-state index in [2.05, 4.69) is 0 Å². The van der Waals surface area contributed by atoms with Crippen LogP contribution in [0.4, 0.5) is 8.78 Å². The summed E-state index contributed by atoms with van der Waals surface area (Å²) in [6.45, 7) is -0.0951. The van der Waals surface area contributed by atoms with Crippen LogP contribution in [0, 0.1) is 11.6 Å². The highest BCUT2D eigenvalue weighted by molar-refractivity contribution is 7.89. The van der Waals surface area contributed by atoms with E-state index in [-0.39, 0.29) is 0 Å². The van der Waals surface area contributed by atoms with Crippen molar-refractivity contribution < 1.29 is 27.4 Å². The molecule has 18 heavy (non-hydrogen) atoms. The van der Waals surface area contributed by atoms with E-state index in [1.54, 1.807) is 0 Å². The Bertz CT molecular complexity index is 510. The van der Waals surface area contributed by atoms with Gasteiger partial charge in [0.1, 0.15) is 11.6 Å². The minimum atomic E-state index is -4.44. The zero-order valence-electron chi connectivity index (χ0n) is 9.52. The number of sulfonamides is 1. The Kier molecular flexibility index (Phi) is 4.38. The first-order valence-corrected chi connectivity index (χ1v) is 6.45. The SMILES string of the molecule is CC(O)(CO)CNS(=O)(=O)c1c(F)cccc1F. The van der Waals surface area contributed by atoms with E-state index in [1.807, 2.05) is 4.72 Å². The van der Waals surface area contributed by atoms with Crippen LogP contribution >= 0.6 is 0 Å². The van der Waals surface area contributed by atoms with Crippen molar-refractivity contribution >= 4 is 10.0 Å². The molecule has 1 aromatic rings. The van der Waals surface area contributed by atoms with Crippen LogP contribution in [0.3, 0.4) is 0 Å². The van der Waals surface area contributed by atoms with Crippen molar-refractivity contribution in [3.05, 3.63) is 29.8 Å². The highest BCUT2D eigenvalue weighted by atomic mass is 32.2. The molecule has 8 heteroatoms. The molecule has 3 N–H and O–H groups in total. The van der Waals surface area contributed by atoms with Crippen LogP contribution < -0.4 is 4.72 Å². The Hall–Kier alpha value is -1.09. The van der Waals surface area contributed by atoms with E-state index in [0.717, 1.165) is 18.2 Å². The lowest BCUT2D eigenvalue weighted by Gasteiger charge is -2.20. The fourth-order valence-electron chi connectivity index (χ4n) is 1.12. The van der Waals surface area contributed by atoms with Crippen molar-refractivity contribution in [1.82, 2.24) is 4.72 Å². The molecule has 0 heterocycles. The van der Waals surface area contributed by atoms with E-state index in [1.165, 1.54) is 6.92 Å². The molecule has 0 aliphatic rings. The third-order valence-electron chi connectivity index (χ3n) is 2.17. The molecule has 0 fully saturated rings. The van der Waals surface area contributed by atoms with Crippen molar-refractivity contribution in [3.63, 3.8) is 0 Å². The minimum absolute atomic E-state index is 0.570. The monoisotopic (exact) mass is 281 g/mol. The van der Waals surface area contributed by atoms with E-state index < -0.39 is 45.3 Å². The maximum absolute atomic E-state index is 13.3. The largest absolute Gasteiger partial charge is 0.393 e. The second kappa shape index (κ2) is 5.27. The molecule has 0 aliphatic heterocycles. The van der Waals surface area contributed by atoms with E-state index in [4.69, 9.17) is 5.11 Å². The highest BCUT2D eigenvalue weighted by Crippen LogP contribution is 2.18. The quantitative estimate of drug-likeness (QED) is 0.708. The molecule has 0 spiro atoms. The Labute approximate surface area is 103 Å². The fourth-order valence-corrected chi connectivity index (χ4v) is 2.41. The fraction of sp³-hybridized carbons (Fsp3) is 0.400. The molecule has 0 aromatic heterocycles. The molecule has 0 bridgehead atoms. The van der Waals surface area contributed by atoms with E-state index >= 15 is 0 Å². The van der Waals surface area contributed by atoms with Crippen molar-refractivity contribution in [1.29, 1.82) is 0 Å². The zero-order chi connectivity index (χ0) is 14.0. The topological polar surface area (TPSA) is 86.6 Å². The summed E-state index contributed by atoms with van der Waals surface area (Å²) in [4.78, 5) is -1.11. The van der Waals surface area contributed by atoms with Gasteiger partial charge in [-0.2, -0.15) is 0 Å². The van der Waals surface area contributed by atoms with Gasteiger partial charge in [-0.05, 0) is 19.1 Å². The molecule has 1 unspecified atom stereocenters. The number of aliphatic hydroxyl groups is 2. The van der Waals surface area contributed by atoms with Gasteiger partial charge >= 0.3 is 0 Å². The molecule has 1 aromatic carbocycles. The first-order chi connectivity index (χ1) is 8.19. The van der Waals surface area contributed by atoms with E-state index in [9.17, 15) is 22.3 Å². The highest BCUT2D eigenvalue weighted by Gasteiger charge is 2.27. The first-order valence-electron chi connectivity index (χ1n) is 4.96. The number of benzene rings is 1. The van der Waals surface area contributed by atoms with Crippen LogP contribution in [0.1, 0.15) is 6.92 Å². The number of halogens is 2. The van der Waals surface area contributed by atoms with Crippen molar-refractivity contribution in [2.45, 2.75) is 17.4 Å². The number of aliphatic hydroxyl groups excluding tert-OH is 1. The molecular formula is C10H13F2NO4S. The van der Waals surface area contributed by atoms with Gasteiger partial charge in [-0.25, -0.2) is 21.9 Å². The first kappa shape index (κ1) is 15.0. The van der Waals surface area contributed by atoms with Gasteiger partial charge in [0, 0.05) is 6.54 Å². The van der Waals surface area contributed by atoms with Crippen LogP contribution in [0.25, 0.3) is 0 Å². The summed E-state index contributed by atoms with van der Waals surface area (Å²) in [7, 11) is -4.44. The third-order valence-corrected chi connectivity index (χ3v) is 3.62. The molecule has 1 atom stereocenters. The van der Waals surface area contributed by atoms with Crippen molar-refractivity contribution in [2.24, 2.45) is 0 Å².